The molecule has 0 aliphatic carbocycles. The number of rotatable bonds is 7. The van der Waals surface area contributed by atoms with Gasteiger partial charge in [-0.15, -0.1) is 0 Å². The number of ether oxygens (including phenoxy) is 2. The molecular weight excluding hydrogens is 627 g/mol. The number of hydrogen-bond donors (Lipinski definition) is 0. The number of halogens is 2. The first-order valence-electron chi connectivity index (χ1n) is 14.5. The largest absolute Gasteiger partial charge is 0.488 e. The number of allylic oxidation sites excluding steroid dienone is 1. The Morgan fingerprint density at radius 3 is 2.49 bits per heavy atom. The van der Waals surface area contributed by atoms with Crippen molar-refractivity contribution >= 4 is 57.4 Å². The molecule has 6 rings (SSSR count). The maximum Gasteiger partial charge on any atom is 0.338 e. The second kappa shape index (κ2) is 12.7. The number of hydrogen-bond acceptors (Lipinski definition) is 6. The van der Waals surface area contributed by atoms with Gasteiger partial charge < -0.3 is 9.47 Å². The zero-order valence-corrected chi connectivity index (χ0v) is 27.5. The lowest BCUT2D eigenvalue weighted by atomic mass is 9.93. The topological polar surface area (TPSA) is 69.9 Å². The van der Waals surface area contributed by atoms with Gasteiger partial charge in [0.25, 0.3) is 5.56 Å². The SMILES string of the molecule is COC(=O)C1=C(C)N=c2s/c(=C\c3c(OCc4ccc(Cl)c(Cl)c4)ccc4ccccc34)c(=O)n2C1c1ccc(C(C)C)cc1. The zero-order valence-electron chi connectivity index (χ0n) is 25.1. The minimum Gasteiger partial charge on any atom is -0.488 e. The fourth-order valence-electron chi connectivity index (χ4n) is 5.54. The third-order valence-corrected chi connectivity index (χ3v) is 9.65. The first-order chi connectivity index (χ1) is 21.7. The maximum atomic E-state index is 14.3. The number of nitrogens with zero attached hydrogens (tertiary/aromatic N) is 2. The van der Waals surface area contributed by atoms with Crippen LogP contribution in [0.1, 0.15) is 55.0 Å². The summed E-state index contributed by atoms with van der Waals surface area (Å²) in [4.78, 5) is 32.6. The summed E-state index contributed by atoms with van der Waals surface area (Å²) in [6.07, 6.45) is 1.85. The van der Waals surface area contributed by atoms with Crippen LogP contribution >= 0.6 is 34.5 Å². The summed E-state index contributed by atoms with van der Waals surface area (Å²) in [6, 6.07) is 24.5. The van der Waals surface area contributed by atoms with E-state index in [9.17, 15) is 9.59 Å². The number of carbonyl (C=O) groups is 1. The molecule has 0 spiro atoms. The van der Waals surface area contributed by atoms with Crippen LogP contribution in [0.4, 0.5) is 0 Å². The molecule has 228 valence electrons. The highest BCUT2D eigenvalue weighted by Crippen LogP contribution is 2.33. The number of benzene rings is 4. The van der Waals surface area contributed by atoms with Crippen molar-refractivity contribution in [3.05, 3.63) is 142 Å². The van der Waals surface area contributed by atoms with E-state index in [1.807, 2.05) is 72.8 Å². The molecule has 6 nitrogen and oxygen atoms in total. The van der Waals surface area contributed by atoms with Gasteiger partial charge in [-0.1, -0.05) is 109 Å². The second-order valence-electron chi connectivity index (χ2n) is 11.1. The molecule has 4 aromatic carbocycles. The molecule has 1 aliphatic rings. The summed E-state index contributed by atoms with van der Waals surface area (Å²) in [6.45, 7) is 6.28. The first kappa shape index (κ1) is 30.8. The van der Waals surface area contributed by atoms with Crippen molar-refractivity contribution in [2.24, 2.45) is 4.99 Å². The molecular formula is C36H30Cl2N2O4S. The second-order valence-corrected chi connectivity index (χ2v) is 13.0. The summed E-state index contributed by atoms with van der Waals surface area (Å²) in [5.41, 5.74) is 4.19. The molecule has 1 aromatic heterocycles. The quantitative estimate of drug-likeness (QED) is 0.169. The Bertz CT molecular complexity index is 2160. The van der Waals surface area contributed by atoms with Crippen LogP contribution in [0, 0.1) is 0 Å². The molecule has 0 radical (unpaired) electrons. The van der Waals surface area contributed by atoms with Gasteiger partial charge in [0.05, 0.1) is 39.0 Å². The number of fused-ring (bicyclic) bond motifs is 2. The van der Waals surface area contributed by atoms with E-state index >= 15 is 0 Å². The average Bonchev–Trinajstić information content (AvgIpc) is 3.34. The van der Waals surface area contributed by atoms with Crippen LogP contribution in [-0.4, -0.2) is 17.6 Å². The van der Waals surface area contributed by atoms with Gasteiger partial charge in [-0.3, -0.25) is 9.36 Å². The van der Waals surface area contributed by atoms with Crippen molar-refractivity contribution in [1.29, 1.82) is 0 Å². The number of carbonyl (C=O) groups excluding carboxylic acids is 1. The van der Waals surface area contributed by atoms with E-state index in [1.165, 1.54) is 18.4 Å². The Balaban J connectivity index is 1.51. The molecule has 45 heavy (non-hydrogen) atoms. The highest BCUT2D eigenvalue weighted by molar-refractivity contribution is 7.07. The fourth-order valence-corrected chi connectivity index (χ4v) is 6.89. The van der Waals surface area contributed by atoms with Crippen LogP contribution in [0.25, 0.3) is 16.8 Å². The smallest absolute Gasteiger partial charge is 0.338 e. The number of methoxy groups -OCH3 is 1. The van der Waals surface area contributed by atoms with Gasteiger partial charge in [0.1, 0.15) is 12.4 Å². The Morgan fingerprint density at radius 2 is 1.78 bits per heavy atom. The number of thiazole rings is 1. The summed E-state index contributed by atoms with van der Waals surface area (Å²) < 4.78 is 13.5. The van der Waals surface area contributed by atoms with E-state index < -0.39 is 12.0 Å². The predicted molar refractivity (Wildman–Crippen MR) is 181 cm³/mol. The highest BCUT2D eigenvalue weighted by atomic mass is 35.5. The summed E-state index contributed by atoms with van der Waals surface area (Å²) in [5, 5.41) is 2.86. The lowest BCUT2D eigenvalue weighted by molar-refractivity contribution is -0.136. The van der Waals surface area contributed by atoms with Gasteiger partial charge in [0.2, 0.25) is 0 Å². The lowest BCUT2D eigenvalue weighted by Gasteiger charge is -2.24. The molecule has 1 aliphatic heterocycles. The molecule has 0 saturated carbocycles. The molecule has 0 N–H and O–H groups in total. The van der Waals surface area contributed by atoms with Crippen LogP contribution in [-0.2, 0) is 16.1 Å². The molecule has 0 saturated heterocycles. The van der Waals surface area contributed by atoms with Gasteiger partial charge in [-0.25, -0.2) is 9.79 Å². The molecule has 2 heterocycles. The molecule has 1 unspecified atom stereocenters. The van der Waals surface area contributed by atoms with Crippen LogP contribution < -0.4 is 19.6 Å². The standard InChI is InChI=1S/C36H30Cl2N2O4S/c1-20(2)23-10-12-25(13-11-23)33-32(35(42)43-4)21(3)39-36-40(33)34(41)31(45-36)18-27-26-8-6-5-7-24(26)14-16-30(27)44-19-22-9-15-28(37)29(38)17-22/h5-18,20,33H,19H2,1-4H3/b31-18-. The van der Waals surface area contributed by atoms with E-state index in [4.69, 9.17) is 37.7 Å². The molecule has 0 bridgehead atoms. The van der Waals surface area contributed by atoms with Crippen molar-refractivity contribution in [1.82, 2.24) is 4.57 Å². The number of aromatic nitrogens is 1. The molecule has 9 heteroatoms. The normalized spacial score (nSPS) is 14.9. The van der Waals surface area contributed by atoms with Crippen molar-refractivity contribution < 1.29 is 14.3 Å². The summed E-state index contributed by atoms with van der Waals surface area (Å²) >= 11 is 13.6. The number of esters is 1. The van der Waals surface area contributed by atoms with Crippen molar-refractivity contribution in [2.45, 2.75) is 39.3 Å². The lowest BCUT2D eigenvalue weighted by Crippen LogP contribution is -2.39. The van der Waals surface area contributed by atoms with Crippen molar-refractivity contribution in [3.8, 4) is 5.75 Å². The minimum absolute atomic E-state index is 0.255. The Labute approximate surface area is 274 Å². The Morgan fingerprint density at radius 1 is 1.02 bits per heavy atom. The predicted octanol–water partition coefficient (Wildman–Crippen LogP) is 7.57. The van der Waals surface area contributed by atoms with E-state index in [2.05, 4.69) is 13.8 Å². The van der Waals surface area contributed by atoms with Gasteiger partial charge in [-0.05, 0) is 64.6 Å². The van der Waals surface area contributed by atoms with Gasteiger partial charge in [-0.2, -0.15) is 0 Å². The van der Waals surface area contributed by atoms with Gasteiger partial charge >= 0.3 is 5.97 Å². The summed E-state index contributed by atoms with van der Waals surface area (Å²) in [7, 11) is 1.34. The van der Waals surface area contributed by atoms with Crippen molar-refractivity contribution in [3.63, 3.8) is 0 Å². The average molecular weight is 658 g/mol. The van der Waals surface area contributed by atoms with Gasteiger partial charge in [0, 0.05) is 5.56 Å². The first-order valence-corrected chi connectivity index (χ1v) is 16.0. The third kappa shape index (κ3) is 5.96. The minimum atomic E-state index is -0.685. The van der Waals surface area contributed by atoms with E-state index in [-0.39, 0.29) is 12.2 Å². The van der Waals surface area contributed by atoms with E-state index in [1.54, 1.807) is 23.6 Å². The fraction of sp³-hybridized carbons (Fsp3) is 0.194. The van der Waals surface area contributed by atoms with Gasteiger partial charge in [0.15, 0.2) is 4.80 Å². The Hall–Kier alpha value is -4.17. The summed E-state index contributed by atoms with van der Waals surface area (Å²) in [5.74, 6) is 0.431. The van der Waals surface area contributed by atoms with Crippen molar-refractivity contribution in [2.75, 3.05) is 7.11 Å². The molecule has 1 atom stereocenters. The zero-order chi connectivity index (χ0) is 31.8. The van der Waals surface area contributed by atoms with Crippen LogP contribution in [0.3, 0.4) is 0 Å². The molecule has 0 fully saturated rings. The highest BCUT2D eigenvalue weighted by Gasteiger charge is 2.33. The van der Waals surface area contributed by atoms with E-state index in [0.717, 1.165) is 33.0 Å². The maximum absolute atomic E-state index is 14.3. The molecule has 5 aromatic rings. The van der Waals surface area contributed by atoms with Crippen LogP contribution in [0.15, 0.2) is 99.9 Å². The van der Waals surface area contributed by atoms with Crippen LogP contribution in [0.2, 0.25) is 10.0 Å². The van der Waals surface area contributed by atoms with E-state index in [0.29, 0.717) is 42.3 Å². The third-order valence-electron chi connectivity index (χ3n) is 7.93. The van der Waals surface area contributed by atoms with Crippen LogP contribution in [0.5, 0.6) is 5.75 Å². The Kier molecular flexibility index (Phi) is 8.69. The monoisotopic (exact) mass is 656 g/mol. The molecule has 0 amide bonds.